The molecule has 4 heteroatoms. The number of aromatic nitrogens is 2. The van der Waals surface area contributed by atoms with E-state index >= 15 is 0 Å². The van der Waals surface area contributed by atoms with Gasteiger partial charge in [0.05, 0.1) is 6.20 Å². The number of benzene rings is 1. The Hall–Kier alpha value is -2.10. The van der Waals surface area contributed by atoms with Gasteiger partial charge in [-0.2, -0.15) is 5.10 Å². The van der Waals surface area contributed by atoms with E-state index in [1.54, 1.807) is 24.3 Å². The largest absolute Gasteiger partial charge is 0.337 e. The fraction of sp³-hybridized carbons (Fsp3) is 0.375. The Bertz CT molecular complexity index is 531. The number of nitrogens with zero attached hydrogens (tertiary/aromatic N) is 2. The lowest BCUT2D eigenvalue weighted by atomic mass is 10.1. The van der Waals surface area contributed by atoms with Gasteiger partial charge in [-0.3, -0.25) is 9.89 Å². The highest BCUT2D eigenvalue weighted by molar-refractivity contribution is 5.94. The van der Waals surface area contributed by atoms with Crippen molar-refractivity contribution in [3.63, 3.8) is 0 Å². The number of unbranched alkanes of at least 4 members (excludes halogenated alkanes) is 1. The van der Waals surface area contributed by atoms with E-state index < -0.39 is 0 Å². The zero-order valence-corrected chi connectivity index (χ0v) is 12.1. The summed E-state index contributed by atoms with van der Waals surface area (Å²) in [5, 5.41) is 6.64. The number of nitrogens with one attached hydrogen (secondary N) is 1. The summed E-state index contributed by atoms with van der Waals surface area (Å²) in [5.41, 5.74) is 3.03. The van der Waals surface area contributed by atoms with Gasteiger partial charge in [0.25, 0.3) is 5.91 Å². The van der Waals surface area contributed by atoms with E-state index in [4.69, 9.17) is 0 Å². The van der Waals surface area contributed by atoms with E-state index in [0.717, 1.165) is 17.5 Å². The molecule has 1 aromatic carbocycles. The summed E-state index contributed by atoms with van der Waals surface area (Å²) in [6.07, 6.45) is 6.99. The molecule has 0 saturated carbocycles. The van der Waals surface area contributed by atoms with E-state index in [9.17, 15) is 4.79 Å². The molecule has 2 rings (SSSR count). The summed E-state index contributed by atoms with van der Waals surface area (Å²) in [6.45, 7) is 2.75. The molecule has 0 spiro atoms. The molecule has 106 valence electrons. The predicted molar refractivity (Wildman–Crippen MR) is 79.4 cm³/mol. The highest BCUT2D eigenvalue weighted by atomic mass is 16.2. The Morgan fingerprint density at radius 2 is 2.00 bits per heavy atom. The maximum Gasteiger partial charge on any atom is 0.253 e. The van der Waals surface area contributed by atoms with Crippen molar-refractivity contribution in [2.45, 2.75) is 32.7 Å². The zero-order valence-electron chi connectivity index (χ0n) is 12.1. The second-order valence-electron chi connectivity index (χ2n) is 5.07. The van der Waals surface area contributed by atoms with Crippen LogP contribution in [0.2, 0.25) is 0 Å². The van der Waals surface area contributed by atoms with Crippen molar-refractivity contribution in [2.24, 2.45) is 0 Å². The van der Waals surface area contributed by atoms with Crippen molar-refractivity contribution in [3.05, 3.63) is 53.3 Å². The van der Waals surface area contributed by atoms with Crippen LogP contribution in [-0.2, 0) is 13.0 Å². The van der Waals surface area contributed by atoms with Gasteiger partial charge in [0.2, 0.25) is 0 Å². The van der Waals surface area contributed by atoms with Gasteiger partial charge in [0, 0.05) is 30.9 Å². The summed E-state index contributed by atoms with van der Waals surface area (Å²) >= 11 is 0. The Balaban J connectivity index is 1.97. The van der Waals surface area contributed by atoms with E-state index in [1.165, 1.54) is 18.4 Å². The van der Waals surface area contributed by atoms with Gasteiger partial charge in [-0.15, -0.1) is 0 Å². The van der Waals surface area contributed by atoms with Crippen LogP contribution in [0.3, 0.4) is 0 Å². The molecule has 0 unspecified atom stereocenters. The molecule has 0 atom stereocenters. The van der Waals surface area contributed by atoms with Gasteiger partial charge in [0.15, 0.2) is 0 Å². The number of H-pyrrole nitrogens is 1. The molecule has 0 radical (unpaired) electrons. The van der Waals surface area contributed by atoms with Crippen LogP contribution in [0.1, 0.15) is 41.3 Å². The van der Waals surface area contributed by atoms with E-state index in [0.29, 0.717) is 6.54 Å². The Morgan fingerprint density at radius 3 is 2.60 bits per heavy atom. The van der Waals surface area contributed by atoms with Crippen molar-refractivity contribution in [1.29, 1.82) is 0 Å². The predicted octanol–water partition coefficient (Wildman–Crippen LogP) is 3.02. The Labute approximate surface area is 119 Å². The summed E-state index contributed by atoms with van der Waals surface area (Å²) < 4.78 is 0. The first-order valence-corrected chi connectivity index (χ1v) is 7.02. The highest BCUT2D eigenvalue weighted by Gasteiger charge is 2.12. The number of rotatable bonds is 6. The smallest absolute Gasteiger partial charge is 0.253 e. The average molecular weight is 271 g/mol. The van der Waals surface area contributed by atoms with Crippen molar-refractivity contribution >= 4 is 5.91 Å². The molecule has 0 saturated heterocycles. The summed E-state index contributed by atoms with van der Waals surface area (Å²) in [7, 11) is 1.81. The van der Waals surface area contributed by atoms with Gasteiger partial charge < -0.3 is 4.90 Å². The van der Waals surface area contributed by atoms with E-state index in [1.807, 2.05) is 12.1 Å². The molecule has 0 bridgehead atoms. The molecular formula is C16H21N3O. The molecule has 20 heavy (non-hydrogen) atoms. The minimum atomic E-state index is 0.0354. The van der Waals surface area contributed by atoms with Crippen LogP contribution in [-0.4, -0.2) is 28.1 Å². The normalized spacial score (nSPS) is 10.5. The standard InChI is InChI=1S/C16H21N3O/c1-3-4-5-13-6-8-15(9-7-13)16(20)19(2)12-14-10-17-18-11-14/h6-11H,3-5,12H2,1-2H3,(H,17,18). The molecule has 0 aliphatic carbocycles. The maximum absolute atomic E-state index is 12.3. The van der Waals surface area contributed by atoms with E-state index in [2.05, 4.69) is 29.3 Å². The number of hydrogen-bond acceptors (Lipinski definition) is 2. The third kappa shape index (κ3) is 3.70. The molecule has 4 nitrogen and oxygen atoms in total. The first-order chi connectivity index (χ1) is 9.70. The molecule has 1 N–H and O–H groups in total. The van der Waals surface area contributed by atoms with Crippen LogP contribution in [0.15, 0.2) is 36.7 Å². The second-order valence-corrected chi connectivity index (χ2v) is 5.07. The van der Waals surface area contributed by atoms with Crippen molar-refractivity contribution in [3.8, 4) is 0 Å². The molecule has 2 aromatic rings. The lowest BCUT2D eigenvalue weighted by Crippen LogP contribution is -2.25. The number of carbonyl (C=O) groups is 1. The first kappa shape index (κ1) is 14.3. The molecule has 1 heterocycles. The Morgan fingerprint density at radius 1 is 1.25 bits per heavy atom. The number of aromatic amines is 1. The Kier molecular flexibility index (Phi) is 4.93. The van der Waals surface area contributed by atoms with Gasteiger partial charge in [-0.05, 0) is 30.5 Å². The zero-order chi connectivity index (χ0) is 14.4. The van der Waals surface area contributed by atoms with Crippen LogP contribution in [0.5, 0.6) is 0 Å². The molecule has 1 aromatic heterocycles. The van der Waals surface area contributed by atoms with Crippen molar-refractivity contribution < 1.29 is 4.79 Å². The molecular weight excluding hydrogens is 250 g/mol. The van der Waals surface area contributed by atoms with Gasteiger partial charge in [0.1, 0.15) is 0 Å². The number of hydrogen-bond donors (Lipinski definition) is 1. The molecule has 1 amide bonds. The quantitative estimate of drug-likeness (QED) is 0.878. The summed E-state index contributed by atoms with van der Waals surface area (Å²) in [4.78, 5) is 14.0. The second kappa shape index (κ2) is 6.89. The third-order valence-electron chi connectivity index (χ3n) is 3.34. The lowest BCUT2D eigenvalue weighted by molar-refractivity contribution is 0.0785. The van der Waals surface area contributed by atoms with E-state index in [-0.39, 0.29) is 5.91 Å². The fourth-order valence-corrected chi connectivity index (χ4v) is 2.13. The van der Waals surface area contributed by atoms with Crippen molar-refractivity contribution in [2.75, 3.05) is 7.05 Å². The molecule has 0 aliphatic heterocycles. The third-order valence-corrected chi connectivity index (χ3v) is 3.34. The van der Waals surface area contributed by atoms with Crippen LogP contribution >= 0.6 is 0 Å². The first-order valence-electron chi connectivity index (χ1n) is 7.02. The molecule has 0 fully saturated rings. The van der Waals surface area contributed by atoms with Crippen LogP contribution < -0.4 is 0 Å². The SMILES string of the molecule is CCCCc1ccc(C(=O)N(C)Cc2cn[nH]c2)cc1. The van der Waals surface area contributed by atoms with Crippen LogP contribution in [0.4, 0.5) is 0 Å². The van der Waals surface area contributed by atoms with Crippen LogP contribution in [0.25, 0.3) is 0 Å². The average Bonchev–Trinajstić information content (AvgIpc) is 2.97. The van der Waals surface area contributed by atoms with Gasteiger partial charge >= 0.3 is 0 Å². The lowest BCUT2D eigenvalue weighted by Gasteiger charge is -2.16. The minimum Gasteiger partial charge on any atom is -0.337 e. The number of amides is 1. The number of carbonyl (C=O) groups excluding carboxylic acids is 1. The topological polar surface area (TPSA) is 49.0 Å². The minimum absolute atomic E-state index is 0.0354. The van der Waals surface area contributed by atoms with Gasteiger partial charge in [-0.25, -0.2) is 0 Å². The highest BCUT2D eigenvalue weighted by Crippen LogP contribution is 2.11. The fourth-order valence-electron chi connectivity index (χ4n) is 2.13. The van der Waals surface area contributed by atoms with Gasteiger partial charge in [-0.1, -0.05) is 25.5 Å². The monoisotopic (exact) mass is 271 g/mol. The molecule has 0 aliphatic rings. The van der Waals surface area contributed by atoms with Crippen molar-refractivity contribution in [1.82, 2.24) is 15.1 Å². The summed E-state index contributed by atoms with van der Waals surface area (Å²) in [6, 6.07) is 7.93. The number of aryl methyl sites for hydroxylation is 1. The maximum atomic E-state index is 12.3. The summed E-state index contributed by atoms with van der Waals surface area (Å²) in [5.74, 6) is 0.0354. The van der Waals surface area contributed by atoms with Crippen LogP contribution in [0, 0.1) is 0 Å².